The first-order valence-corrected chi connectivity index (χ1v) is 9.43. The van der Waals surface area contributed by atoms with E-state index in [1.807, 2.05) is 6.07 Å². The van der Waals surface area contributed by atoms with Crippen LogP contribution in [0.4, 0.5) is 5.82 Å². The minimum Gasteiger partial charge on any atom is -0.378 e. The Labute approximate surface area is 150 Å². The Bertz CT molecular complexity index is 587. The summed E-state index contributed by atoms with van der Waals surface area (Å²) in [5.41, 5.74) is 0.859. The summed E-state index contributed by atoms with van der Waals surface area (Å²) in [6.45, 7) is 6.56. The second-order valence-electron chi connectivity index (χ2n) is 7.71. The third kappa shape index (κ3) is 4.29. The number of methoxy groups -OCH3 is 1. The molecular formula is C19H30N4O2. The summed E-state index contributed by atoms with van der Waals surface area (Å²) in [4.78, 5) is 23.4. The third-order valence-corrected chi connectivity index (χ3v) is 5.59. The van der Waals surface area contributed by atoms with Crippen molar-refractivity contribution in [2.75, 3.05) is 25.5 Å². The zero-order valence-corrected chi connectivity index (χ0v) is 15.6. The Morgan fingerprint density at radius 2 is 2.08 bits per heavy atom. The van der Waals surface area contributed by atoms with Crippen LogP contribution in [0.15, 0.2) is 12.4 Å². The highest BCUT2D eigenvalue weighted by Crippen LogP contribution is 2.32. The number of carbonyl (C=O) groups excluding carboxylic acids is 1. The van der Waals surface area contributed by atoms with Crippen LogP contribution in [0.2, 0.25) is 0 Å². The number of ether oxygens (including phenoxy) is 1. The minimum absolute atomic E-state index is 0.232. The van der Waals surface area contributed by atoms with E-state index in [1.54, 1.807) is 13.4 Å². The number of hydrogen-bond acceptors (Lipinski definition) is 5. The zero-order valence-electron chi connectivity index (χ0n) is 15.6. The molecule has 1 aliphatic heterocycles. The average molecular weight is 346 g/mol. The highest BCUT2D eigenvalue weighted by Gasteiger charge is 2.39. The topological polar surface area (TPSA) is 67.3 Å². The Hall–Kier alpha value is -1.69. The monoisotopic (exact) mass is 346 g/mol. The molecule has 1 saturated carbocycles. The molecule has 1 N–H and O–H groups in total. The SMILES string of the molecule is COCc1cc(N[C@@H]2CN(C(=O)C3CCCC3)C[C@H]2C(C)C)ncn1. The lowest BCUT2D eigenvalue weighted by atomic mass is 9.91. The fourth-order valence-electron chi connectivity index (χ4n) is 4.16. The number of rotatable bonds is 6. The summed E-state index contributed by atoms with van der Waals surface area (Å²) in [7, 11) is 1.66. The van der Waals surface area contributed by atoms with Crippen LogP contribution in [0.5, 0.6) is 0 Å². The molecule has 2 aliphatic rings. The molecule has 0 spiro atoms. The molecule has 138 valence electrons. The second-order valence-corrected chi connectivity index (χ2v) is 7.71. The van der Waals surface area contributed by atoms with Gasteiger partial charge >= 0.3 is 0 Å². The van der Waals surface area contributed by atoms with Crippen molar-refractivity contribution in [1.29, 1.82) is 0 Å². The van der Waals surface area contributed by atoms with Crippen LogP contribution in [0.1, 0.15) is 45.2 Å². The lowest BCUT2D eigenvalue weighted by Gasteiger charge is -2.23. The summed E-state index contributed by atoms with van der Waals surface area (Å²) >= 11 is 0. The molecular weight excluding hydrogens is 316 g/mol. The van der Waals surface area contributed by atoms with E-state index in [-0.39, 0.29) is 12.0 Å². The number of nitrogens with one attached hydrogen (secondary N) is 1. The van der Waals surface area contributed by atoms with Crippen molar-refractivity contribution in [2.45, 2.75) is 52.2 Å². The predicted molar refractivity (Wildman–Crippen MR) is 97.0 cm³/mol. The van der Waals surface area contributed by atoms with E-state index in [1.165, 1.54) is 12.8 Å². The van der Waals surface area contributed by atoms with Crippen LogP contribution in [-0.2, 0) is 16.1 Å². The van der Waals surface area contributed by atoms with E-state index in [2.05, 4.69) is 34.0 Å². The normalized spacial score (nSPS) is 24.2. The molecule has 6 nitrogen and oxygen atoms in total. The Morgan fingerprint density at radius 1 is 1.32 bits per heavy atom. The number of amides is 1. The van der Waals surface area contributed by atoms with E-state index >= 15 is 0 Å². The van der Waals surface area contributed by atoms with Crippen LogP contribution in [0.25, 0.3) is 0 Å². The quantitative estimate of drug-likeness (QED) is 0.858. The highest BCUT2D eigenvalue weighted by atomic mass is 16.5. The van der Waals surface area contributed by atoms with Crippen molar-refractivity contribution in [3.63, 3.8) is 0 Å². The number of nitrogens with zero attached hydrogens (tertiary/aromatic N) is 3. The van der Waals surface area contributed by atoms with Gasteiger partial charge in [0.2, 0.25) is 5.91 Å². The number of hydrogen-bond donors (Lipinski definition) is 1. The van der Waals surface area contributed by atoms with Crippen LogP contribution in [-0.4, -0.2) is 47.0 Å². The molecule has 2 heterocycles. The fraction of sp³-hybridized carbons (Fsp3) is 0.737. The molecule has 2 atom stereocenters. The number of carbonyl (C=O) groups is 1. The third-order valence-electron chi connectivity index (χ3n) is 5.59. The molecule has 1 aromatic rings. The molecule has 1 aliphatic carbocycles. The molecule has 0 aromatic carbocycles. The maximum atomic E-state index is 12.8. The van der Waals surface area contributed by atoms with Gasteiger partial charge in [0.1, 0.15) is 12.1 Å². The largest absolute Gasteiger partial charge is 0.378 e. The van der Waals surface area contributed by atoms with Gasteiger partial charge in [-0.3, -0.25) is 4.79 Å². The summed E-state index contributed by atoms with van der Waals surface area (Å²) in [5, 5.41) is 3.55. The van der Waals surface area contributed by atoms with Crippen molar-refractivity contribution in [3.05, 3.63) is 18.1 Å². The summed E-state index contributed by atoms with van der Waals surface area (Å²) in [6.07, 6.45) is 6.08. The maximum absolute atomic E-state index is 12.8. The molecule has 1 aromatic heterocycles. The van der Waals surface area contributed by atoms with Crippen molar-refractivity contribution >= 4 is 11.7 Å². The lowest BCUT2D eigenvalue weighted by Crippen LogP contribution is -2.35. The van der Waals surface area contributed by atoms with Crippen LogP contribution < -0.4 is 5.32 Å². The Kier molecular flexibility index (Phi) is 5.89. The molecule has 1 amide bonds. The van der Waals surface area contributed by atoms with Gasteiger partial charge < -0.3 is 15.0 Å². The summed E-state index contributed by atoms with van der Waals surface area (Å²) in [5.74, 6) is 2.37. The first kappa shape index (κ1) is 18.1. The average Bonchev–Trinajstić information content (AvgIpc) is 3.25. The number of aromatic nitrogens is 2. The van der Waals surface area contributed by atoms with Gasteiger partial charge in [0, 0.05) is 44.1 Å². The van der Waals surface area contributed by atoms with Gasteiger partial charge in [-0.2, -0.15) is 0 Å². The van der Waals surface area contributed by atoms with Crippen molar-refractivity contribution in [2.24, 2.45) is 17.8 Å². The smallest absolute Gasteiger partial charge is 0.225 e. The van der Waals surface area contributed by atoms with E-state index < -0.39 is 0 Å². The molecule has 0 bridgehead atoms. The first-order chi connectivity index (χ1) is 12.1. The van der Waals surface area contributed by atoms with Gasteiger partial charge in [0.25, 0.3) is 0 Å². The zero-order chi connectivity index (χ0) is 17.8. The second kappa shape index (κ2) is 8.13. The summed E-state index contributed by atoms with van der Waals surface area (Å²) in [6, 6.07) is 2.16. The maximum Gasteiger partial charge on any atom is 0.225 e. The first-order valence-electron chi connectivity index (χ1n) is 9.43. The standard InChI is InChI=1S/C19H30N4O2/c1-13(2)16-9-23(19(24)14-6-4-5-7-14)10-17(16)22-18-8-15(11-25-3)20-12-21-18/h8,12-14,16-17H,4-7,9-11H2,1-3H3,(H,20,21,22)/t16-,17+/m0/s1. The van der Waals surface area contributed by atoms with Crippen LogP contribution in [0, 0.1) is 17.8 Å². The van der Waals surface area contributed by atoms with E-state index in [4.69, 9.17) is 4.74 Å². The van der Waals surface area contributed by atoms with Crippen molar-refractivity contribution in [1.82, 2.24) is 14.9 Å². The van der Waals surface area contributed by atoms with Gasteiger partial charge in [-0.05, 0) is 18.8 Å². The highest BCUT2D eigenvalue weighted by molar-refractivity contribution is 5.79. The van der Waals surface area contributed by atoms with Gasteiger partial charge in [0.05, 0.1) is 12.3 Å². The van der Waals surface area contributed by atoms with Crippen LogP contribution >= 0.6 is 0 Å². The van der Waals surface area contributed by atoms with Gasteiger partial charge in [0.15, 0.2) is 0 Å². The summed E-state index contributed by atoms with van der Waals surface area (Å²) < 4.78 is 5.15. The fourth-order valence-corrected chi connectivity index (χ4v) is 4.16. The predicted octanol–water partition coefficient (Wildman–Crippen LogP) is 2.71. The Morgan fingerprint density at radius 3 is 2.76 bits per heavy atom. The van der Waals surface area contributed by atoms with Crippen LogP contribution in [0.3, 0.4) is 0 Å². The van der Waals surface area contributed by atoms with Crippen molar-refractivity contribution in [3.8, 4) is 0 Å². The molecule has 6 heteroatoms. The lowest BCUT2D eigenvalue weighted by molar-refractivity contribution is -0.134. The van der Waals surface area contributed by atoms with E-state index in [0.717, 1.165) is 37.4 Å². The minimum atomic E-state index is 0.232. The molecule has 2 fully saturated rings. The molecule has 0 radical (unpaired) electrons. The van der Waals surface area contributed by atoms with Crippen molar-refractivity contribution < 1.29 is 9.53 Å². The Balaban J connectivity index is 1.68. The number of anilines is 1. The number of likely N-dealkylation sites (tertiary alicyclic amines) is 1. The molecule has 3 rings (SSSR count). The van der Waals surface area contributed by atoms with E-state index in [9.17, 15) is 4.79 Å². The van der Waals surface area contributed by atoms with Gasteiger partial charge in [-0.25, -0.2) is 9.97 Å². The molecule has 25 heavy (non-hydrogen) atoms. The van der Waals surface area contributed by atoms with E-state index in [0.29, 0.717) is 24.3 Å². The van der Waals surface area contributed by atoms with Gasteiger partial charge in [-0.15, -0.1) is 0 Å². The van der Waals surface area contributed by atoms with Gasteiger partial charge in [-0.1, -0.05) is 26.7 Å². The molecule has 0 unspecified atom stereocenters. The molecule has 1 saturated heterocycles.